The van der Waals surface area contributed by atoms with Gasteiger partial charge < -0.3 is 10.1 Å². The molecule has 0 unspecified atom stereocenters. The molecule has 3 rings (SSSR count). The number of nitrogens with zero attached hydrogens (tertiary/aromatic N) is 2. The fourth-order valence-corrected chi connectivity index (χ4v) is 2.88. The summed E-state index contributed by atoms with van der Waals surface area (Å²) in [6, 6.07) is 7.62. The van der Waals surface area contributed by atoms with Crippen molar-refractivity contribution in [3.8, 4) is 0 Å². The molecule has 22 heavy (non-hydrogen) atoms. The van der Waals surface area contributed by atoms with E-state index in [4.69, 9.17) is 4.74 Å². The largest absolute Gasteiger partial charge is 0.381 e. The third-order valence-electron chi connectivity index (χ3n) is 4.23. The van der Waals surface area contributed by atoms with Crippen LogP contribution in [0.25, 0.3) is 11.0 Å². The predicted octanol–water partition coefficient (Wildman–Crippen LogP) is 0.883. The molecule has 6 heteroatoms. The average Bonchev–Trinajstić information content (AvgIpc) is 3.13. The van der Waals surface area contributed by atoms with Crippen LogP contribution < -0.4 is 11.0 Å². The zero-order valence-corrected chi connectivity index (χ0v) is 12.7. The van der Waals surface area contributed by atoms with Gasteiger partial charge in [-0.05, 0) is 18.6 Å². The summed E-state index contributed by atoms with van der Waals surface area (Å²) in [5.41, 5.74) is 1.67. The SMILES string of the molecule is Cn1c(=O)n(CCC(=O)NC[C@H]2CCOC2)c2ccccc21. The number of benzene rings is 1. The number of imidazole rings is 1. The number of ether oxygens (including phenoxy) is 1. The summed E-state index contributed by atoms with van der Waals surface area (Å²) in [6.07, 6.45) is 1.31. The molecule has 1 aromatic heterocycles. The molecule has 1 fully saturated rings. The third-order valence-corrected chi connectivity index (χ3v) is 4.23. The van der Waals surface area contributed by atoms with E-state index in [1.54, 1.807) is 16.2 Å². The Bertz CT molecular complexity index is 726. The minimum Gasteiger partial charge on any atom is -0.381 e. The number of rotatable bonds is 5. The number of amides is 1. The van der Waals surface area contributed by atoms with Gasteiger partial charge in [-0.3, -0.25) is 13.9 Å². The third kappa shape index (κ3) is 2.92. The number of hydrogen-bond donors (Lipinski definition) is 1. The maximum atomic E-state index is 12.2. The van der Waals surface area contributed by atoms with Gasteiger partial charge in [0, 0.05) is 39.1 Å². The zero-order chi connectivity index (χ0) is 15.5. The summed E-state index contributed by atoms with van der Waals surface area (Å²) >= 11 is 0. The molecule has 1 aliphatic heterocycles. The second kappa shape index (κ2) is 6.36. The molecular formula is C16H21N3O3. The van der Waals surface area contributed by atoms with Crippen molar-refractivity contribution in [1.82, 2.24) is 14.5 Å². The second-order valence-electron chi connectivity index (χ2n) is 5.77. The second-order valence-corrected chi connectivity index (χ2v) is 5.77. The molecule has 1 aromatic carbocycles. The summed E-state index contributed by atoms with van der Waals surface area (Å²) in [6.45, 7) is 2.56. The molecule has 1 atom stereocenters. The summed E-state index contributed by atoms with van der Waals surface area (Å²) in [5.74, 6) is 0.399. The van der Waals surface area contributed by atoms with E-state index in [1.165, 1.54) is 0 Å². The van der Waals surface area contributed by atoms with Gasteiger partial charge in [-0.15, -0.1) is 0 Å². The first-order valence-electron chi connectivity index (χ1n) is 7.65. The molecular weight excluding hydrogens is 282 g/mol. The highest BCUT2D eigenvalue weighted by atomic mass is 16.5. The first-order chi connectivity index (χ1) is 10.7. The first kappa shape index (κ1) is 14.8. The number of hydrogen-bond acceptors (Lipinski definition) is 3. The van der Waals surface area contributed by atoms with E-state index >= 15 is 0 Å². The van der Waals surface area contributed by atoms with Crippen LogP contribution >= 0.6 is 0 Å². The molecule has 0 spiro atoms. The van der Waals surface area contributed by atoms with E-state index < -0.39 is 0 Å². The van der Waals surface area contributed by atoms with Gasteiger partial charge in [0.15, 0.2) is 0 Å². The molecule has 0 saturated carbocycles. The lowest BCUT2D eigenvalue weighted by Gasteiger charge is -2.09. The standard InChI is InChI=1S/C16H21N3O3/c1-18-13-4-2-3-5-14(13)19(16(18)21)8-6-15(20)17-10-12-7-9-22-11-12/h2-5,12H,6-11H2,1H3,(H,17,20)/t12-/m1/s1. The summed E-state index contributed by atoms with van der Waals surface area (Å²) in [4.78, 5) is 24.2. The van der Waals surface area contributed by atoms with Crippen molar-refractivity contribution in [2.45, 2.75) is 19.4 Å². The van der Waals surface area contributed by atoms with Crippen LogP contribution in [-0.4, -0.2) is 34.8 Å². The maximum Gasteiger partial charge on any atom is 0.328 e. The molecule has 1 saturated heterocycles. The van der Waals surface area contributed by atoms with Gasteiger partial charge in [0.1, 0.15) is 0 Å². The van der Waals surface area contributed by atoms with Gasteiger partial charge in [-0.2, -0.15) is 0 Å². The van der Waals surface area contributed by atoms with E-state index in [0.717, 1.165) is 30.7 Å². The van der Waals surface area contributed by atoms with Gasteiger partial charge in [-0.25, -0.2) is 4.79 Å². The quantitative estimate of drug-likeness (QED) is 0.892. The molecule has 2 aromatic rings. The number of aromatic nitrogens is 2. The monoisotopic (exact) mass is 303 g/mol. The van der Waals surface area contributed by atoms with Crippen molar-refractivity contribution in [2.75, 3.05) is 19.8 Å². The Balaban J connectivity index is 1.62. The Hall–Kier alpha value is -2.08. The number of carbonyl (C=O) groups is 1. The van der Waals surface area contributed by atoms with Gasteiger partial charge in [0.05, 0.1) is 17.6 Å². The molecule has 0 radical (unpaired) electrons. The lowest BCUT2D eigenvalue weighted by molar-refractivity contribution is -0.121. The summed E-state index contributed by atoms with van der Waals surface area (Å²) < 4.78 is 8.56. The fraction of sp³-hybridized carbons (Fsp3) is 0.500. The smallest absolute Gasteiger partial charge is 0.328 e. The number of aryl methyl sites for hydroxylation is 2. The highest BCUT2D eigenvalue weighted by molar-refractivity contribution is 5.77. The Labute approximate surface area is 128 Å². The molecule has 1 amide bonds. The lowest BCUT2D eigenvalue weighted by Crippen LogP contribution is -2.31. The van der Waals surface area contributed by atoms with Crippen LogP contribution in [0.5, 0.6) is 0 Å². The Morgan fingerprint density at radius 2 is 2.14 bits per heavy atom. The maximum absolute atomic E-state index is 12.2. The first-order valence-corrected chi connectivity index (χ1v) is 7.65. The van der Waals surface area contributed by atoms with E-state index in [2.05, 4.69) is 5.32 Å². The Morgan fingerprint density at radius 1 is 1.36 bits per heavy atom. The molecule has 0 bridgehead atoms. The summed E-state index contributed by atoms with van der Waals surface area (Å²) in [5, 5.41) is 2.93. The number of fused-ring (bicyclic) bond motifs is 1. The molecule has 6 nitrogen and oxygen atoms in total. The van der Waals surface area contributed by atoms with Crippen LogP contribution in [0.3, 0.4) is 0 Å². The van der Waals surface area contributed by atoms with E-state index in [-0.39, 0.29) is 11.6 Å². The van der Waals surface area contributed by atoms with Crippen molar-refractivity contribution in [3.05, 3.63) is 34.7 Å². The van der Waals surface area contributed by atoms with Crippen LogP contribution in [0.1, 0.15) is 12.8 Å². The lowest BCUT2D eigenvalue weighted by atomic mass is 10.1. The predicted molar refractivity (Wildman–Crippen MR) is 83.7 cm³/mol. The highest BCUT2D eigenvalue weighted by Crippen LogP contribution is 2.12. The molecule has 2 heterocycles. The van der Waals surface area contributed by atoms with Gasteiger partial charge >= 0.3 is 5.69 Å². The molecule has 0 aliphatic carbocycles. The molecule has 118 valence electrons. The number of para-hydroxylation sites is 2. The molecule has 1 N–H and O–H groups in total. The van der Waals surface area contributed by atoms with Crippen molar-refractivity contribution < 1.29 is 9.53 Å². The minimum absolute atomic E-state index is 0.0215. The summed E-state index contributed by atoms with van der Waals surface area (Å²) in [7, 11) is 1.75. The van der Waals surface area contributed by atoms with Crippen LogP contribution in [0, 0.1) is 5.92 Å². The van der Waals surface area contributed by atoms with Crippen molar-refractivity contribution in [2.24, 2.45) is 13.0 Å². The molecule has 1 aliphatic rings. The van der Waals surface area contributed by atoms with Crippen molar-refractivity contribution in [1.29, 1.82) is 0 Å². The van der Waals surface area contributed by atoms with E-state index in [9.17, 15) is 9.59 Å². The average molecular weight is 303 g/mol. The van der Waals surface area contributed by atoms with Crippen LogP contribution in [-0.2, 0) is 23.1 Å². The van der Waals surface area contributed by atoms with Crippen LogP contribution in [0.2, 0.25) is 0 Å². The van der Waals surface area contributed by atoms with Crippen molar-refractivity contribution in [3.63, 3.8) is 0 Å². The highest BCUT2D eigenvalue weighted by Gasteiger charge is 2.16. The van der Waals surface area contributed by atoms with Crippen molar-refractivity contribution >= 4 is 16.9 Å². The normalized spacial score (nSPS) is 18.0. The van der Waals surface area contributed by atoms with E-state index in [0.29, 0.717) is 25.4 Å². The fourth-order valence-electron chi connectivity index (χ4n) is 2.88. The zero-order valence-electron chi connectivity index (χ0n) is 12.7. The topological polar surface area (TPSA) is 65.3 Å². The number of nitrogens with one attached hydrogen (secondary N) is 1. The van der Waals surface area contributed by atoms with Gasteiger partial charge in [-0.1, -0.05) is 12.1 Å². The number of carbonyl (C=O) groups excluding carboxylic acids is 1. The van der Waals surface area contributed by atoms with Gasteiger partial charge in [0.2, 0.25) is 5.91 Å². The van der Waals surface area contributed by atoms with Gasteiger partial charge in [0.25, 0.3) is 0 Å². The van der Waals surface area contributed by atoms with E-state index in [1.807, 2.05) is 24.3 Å². The Kier molecular flexibility index (Phi) is 4.29. The Morgan fingerprint density at radius 3 is 2.86 bits per heavy atom. The van der Waals surface area contributed by atoms with Crippen LogP contribution in [0.4, 0.5) is 0 Å². The van der Waals surface area contributed by atoms with Crippen LogP contribution in [0.15, 0.2) is 29.1 Å². The minimum atomic E-state index is -0.0850.